The molecule has 0 heteroatoms. The van der Waals surface area contributed by atoms with Gasteiger partial charge in [0, 0.05) is 0 Å². The van der Waals surface area contributed by atoms with Crippen LogP contribution in [0.15, 0.2) is 66.7 Å². The summed E-state index contributed by atoms with van der Waals surface area (Å²) < 4.78 is 0. The molecule has 3 aromatic carbocycles. The van der Waals surface area contributed by atoms with Crippen LogP contribution in [0.2, 0.25) is 0 Å². The number of fused-ring (bicyclic) bond motifs is 1. The Labute approximate surface area is 114 Å². The number of hydrogen-bond acceptors (Lipinski definition) is 0. The zero-order valence-corrected chi connectivity index (χ0v) is 11.0. The summed E-state index contributed by atoms with van der Waals surface area (Å²) in [4.78, 5) is 0. The van der Waals surface area contributed by atoms with Crippen molar-refractivity contribution in [3.05, 3.63) is 83.4 Å². The summed E-state index contributed by atoms with van der Waals surface area (Å²) in [6, 6.07) is 23.4. The fraction of sp³-hybridized carbons (Fsp3) is 0.0526. The van der Waals surface area contributed by atoms with Crippen molar-refractivity contribution in [1.82, 2.24) is 0 Å². The van der Waals surface area contributed by atoms with E-state index >= 15 is 0 Å². The van der Waals surface area contributed by atoms with E-state index in [4.69, 9.17) is 0 Å². The summed E-state index contributed by atoms with van der Waals surface area (Å²) in [7, 11) is 0. The van der Waals surface area contributed by atoms with Gasteiger partial charge in [-0.25, -0.2) is 0 Å². The first-order chi connectivity index (χ1) is 9.33. The summed E-state index contributed by atoms with van der Waals surface area (Å²) in [5.41, 5.74) is 3.82. The van der Waals surface area contributed by atoms with E-state index in [-0.39, 0.29) is 0 Å². The lowest BCUT2D eigenvalue weighted by atomic mass is 10.0. The van der Waals surface area contributed by atoms with Gasteiger partial charge in [-0.2, -0.15) is 0 Å². The zero-order chi connectivity index (χ0) is 13.1. The van der Waals surface area contributed by atoms with E-state index < -0.39 is 0 Å². The van der Waals surface area contributed by atoms with Crippen LogP contribution in [0.1, 0.15) is 16.7 Å². The lowest BCUT2D eigenvalue weighted by Gasteiger charge is -2.04. The molecule has 0 fully saturated rings. The minimum absolute atomic E-state index is 1.23. The molecule has 3 aromatic rings. The summed E-state index contributed by atoms with van der Waals surface area (Å²) in [6.45, 7) is 2.16. The third kappa shape index (κ3) is 2.58. The summed E-state index contributed by atoms with van der Waals surface area (Å²) in [5, 5.41) is 2.60. The molecule has 19 heavy (non-hydrogen) atoms. The van der Waals surface area contributed by atoms with Gasteiger partial charge < -0.3 is 0 Å². The maximum Gasteiger partial charge on any atom is -0.0178 e. The Balaban J connectivity index is 2.01. The third-order valence-corrected chi connectivity index (χ3v) is 3.39. The fourth-order valence-corrected chi connectivity index (χ4v) is 2.30. The van der Waals surface area contributed by atoms with Crippen molar-refractivity contribution in [2.45, 2.75) is 6.92 Å². The van der Waals surface area contributed by atoms with E-state index in [1.54, 1.807) is 0 Å². The average Bonchev–Trinajstić information content (AvgIpc) is 2.46. The molecule has 0 bridgehead atoms. The molecule has 3 rings (SSSR count). The van der Waals surface area contributed by atoms with Crippen LogP contribution in [0.5, 0.6) is 0 Å². The molecule has 0 nitrogen and oxygen atoms in total. The number of benzene rings is 3. The quantitative estimate of drug-likeness (QED) is 0.535. The molecular formula is C19H16. The molecular weight excluding hydrogens is 228 g/mol. The van der Waals surface area contributed by atoms with Crippen LogP contribution in [-0.4, -0.2) is 0 Å². The second kappa shape index (κ2) is 5.11. The Hall–Kier alpha value is -2.34. The van der Waals surface area contributed by atoms with E-state index in [1.165, 1.54) is 27.5 Å². The minimum atomic E-state index is 1.23. The maximum atomic E-state index is 2.25. The van der Waals surface area contributed by atoms with Gasteiger partial charge >= 0.3 is 0 Å². The van der Waals surface area contributed by atoms with Crippen LogP contribution in [0.25, 0.3) is 22.9 Å². The van der Waals surface area contributed by atoms with Crippen molar-refractivity contribution in [3.63, 3.8) is 0 Å². The predicted molar refractivity (Wildman–Crippen MR) is 84.1 cm³/mol. The van der Waals surface area contributed by atoms with Gasteiger partial charge in [-0.1, -0.05) is 72.8 Å². The molecule has 0 aromatic heterocycles. The molecule has 0 spiro atoms. The summed E-state index contributed by atoms with van der Waals surface area (Å²) in [5.74, 6) is 0. The molecule has 0 aliphatic rings. The zero-order valence-electron chi connectivity index (χ0n) is 11.0. The van der Waals surface area contributed by atoms with Gasteiger partial charge in [0.25, 0.3) is 0 Å². The van der Waals surface area contributed by atoms with Crippen molar-refractivity contribution in [2.24, 2.45) is 0 Å². The van der Waals surface area contributed by atoms with Gasteiger partial charge in [0.05, 0.1) is 0 Å². The largest absolute Gasteiger partial charge is 0.0622 e. The fourth-order valence-electron chi connectivity index (χ4n) is 2.30. The van der Waals surface area contributed by atoms with Gasteiger partial charge in [-0.05, 0) is 40.5 Å². The highest BCUT2D eigenvalue weighted by Gasteiger charge is 1.98. The third-order valence-electron chi connectivity index (χ3n) is 3.39. The minimum Gasteiger partial charge on any atom is -0.0622 e. The number of rotatable bonds is 2. The molecule has 0 saturated carbocycles. The van der Waals surface area contributed by atoms with E-state index in [1.807, 2.05) is 6.07 Å². The maximum absolute atomic E-state index is 2.25. The first-order valence-corrected chi connectivity index (χ1v) is 6.55. The Kier molecular flexibility index (Phi) is 3.16. The highest BCUT2D eigenvalue weighted by Crippen LogP contribution is 2.21. The monoisotopic (exact) mass is 244 g/mol. The molecule has 0 radical (unpaired) electrons. The number of hydrogen-bond donors (Lipinski definition) is 0. The molecule has 0 N–H and O–H groups in total. The standard InChI is InChI=1S/C19H16/c1-15-13-18-9-5-6-10-19(18)14-17(15)12-11-16-7-3-2-4-8-16/h2-14H,1H3/b12-11-. The van der Waals surface area contributed by atoms with Crippen molar-refractivity contribution >= 4 is 22.9 Å². The second-order valence-corrected chi connectivity index (χ2v) is 4.80. The summed E-state index contributed by atoms with van der Waals surface area (Å²) in [6.07, 6.45) is 4.36. The SMILES string of the molecule is Cc1cc2ccccc2cc1/C=C\c1ccccc1. The van der Waals surface area contributed by atoms with Crippen LogP contribution < -0.4 is 0 Å². The van der Waals surface area contributed by atoms with Gasteiger partial charge in [0.15, 0.2) is 0 Å². The highest BCUT2D eigenvalue weighted by molar-refractivity contribution is 5.87. The lowest BCUT2D eigenvalue weighted by molar-refractivity contribution is 1.47. The van der Waals surface area contributed by atoms with E-state index in [2.05, 4.69) is 79.7 Å². The van der Waals surface area contributed by atoms with Crippen molar-refractivity contribution in [1.29, 1.82) is 0 Å². The molecule has 0 amide bonds. The average molecular weight is 244 g/mol. The smallest absolute Gasteiger partial charge is 0.0178 e. The topological polar surface area (TPSA) is 0 Å². The second-order valence-electron chi connectivity index (χ2n) is 4.80. The Morgan fingerprint density at radius 1 is 0.684 bits per heavy atom. The molecule has 0 atom stereocenters. The predicted octanol–water partition coefficient (Wildman–Crippen LogP) is 5.32. The molecule has 0 aliphatic heterocycles. The van der Waals surface area contributed by atoms with Gasteiger partial charge in [0.2, 0.25) is 0 Å². The lowest BCUT2D eigenvalue weighted by Crippen LogP contribution is -1.82. The molecule has 92 valence electrons. The Morgan fingerprint density at radius 3 is 2.05 bits per heavy atom. The van der Waals surface area contributed by atoms with Crippen molar-refractivity contribution < 1.29 is 0 Å². The molecule has 0 aliphatic carbocycles. The van der Waals surface area contributed by atoms with Crippen LogP contribution >= 0.6 is 0 Å². The van der Waals surface area contributed by atoms with Crippen LogP contribution in [0, 0.1) is 6.92 Å². The van der Waals surface area contributed by atoms with Gasteiger partial charge in [-0.15, -0.1) is 0 Å². The van der Waals surface area contributed by atoms with E-state index in [0.29, 0.717) is 0 Å². The molecule has 0 saturated heterocycles. The first kappa shape index (κ1) is 11.7. The first-order valence-electron chi connectivity index (χ1n) is 6.55. The Morgan fingerprint density at radius 2 is 1.32 bits per heavy atom. The van der Waals surface area contributed by atoms with Crippen molar-refractivity contribution in [2.75, 3.05) is 0 Å². The summed E-state index contributed by atoms with van der Waals surface area (Å²) >= 11 is 0. The van der Waals surface area contributed by atoms with E-state index in [0.717, 1.165) is 0 Å². The van der Waals surface area contributed by atoms with Crippen LogP contribution in [-0.2, 0) is 0 Å². The number of aryl methyl sites for hydroxylation is 1. The Bertz CT molecular complexity index is 721. The van der Waals surface area contributed by atoms with Crippen molar-refractivity contribution in [3.8, 4) is 0 Å². The highest BCUT2D eigenvalue weighted by atomic mass is 14.0. The molecule has 0 heterocycles. The van der Waals surface area contributed by atoms with E-state index in [9.17, 15) is 0 Å². The van der Waals surface area contributed by atoms with Gasteiger partial charge in [0.1, 0.15) is 0 Å². The van der Waals surface area contributed by atoms with Gasteiger partial charge in [-0.3, -0.25) is 0 Å². The van der Waals surface area contributed by atoms with Crippen LogP contribution in [0.3, 0.4) is 0 Å². The molecule has 0 unspecified atom stereocenters. The normalized spacial score (nSPS) is 11.2. The van der Waals surface area contributed by atoms with Crippen LogP contribution in [0.4, 0.5) is 0 Å².